The maximum atomic E-state index is 6.00. The summed E-state index contributed by atoms with van der Waals surface area (Å²) in [7, 11) is 0. The molecule has 1 saturated heterocycles. The molecule has 0 amide bonds. The Balaban J connectivity index is 2.14. The van der Waals surface area contributed by atoms with Crippen LogP contribution >= 0.6 is 38.9 Å². The van der Waals surface area contributed by atoms with E-state index < -0.39 is 0 Å². The first-order valence-corrected chi connectivity index (χ1v) is 6.41. The van der Waals surface area contributed by atoms with Crippen LogP contribution in [-0.4, -0.2) is 13.1 Å². The molecule has 4 heteroatoms. The smallest absolute Gasteiger partial charge is 0.107 e. The van der Waals surface area contributed by atoms with Crippen molar-refractivity contribution >= 4 is 38.9 Å². The summed E-state index contributed by atoms with van der Waals surface area (Å²) in [5, 5.41) is 3.37. The van der Waals surface area contributed by atoms with Crippen LogP contribution in [0.2, 0.25) is 4.34 Å². The summed E-state index contributed by atoms with van der Waals surface area (Å²) in [6, 6.07) is 2.17. The van der Waals surface area contributed by atoms with E-state index in [2.05, 4.69) is 27.3 Å². The van der Waals surface area contributed by atoms with Gasteiger partial charge in [0, 0.05) is 9.35 Å². The summed E-state index contributed by atoms with van der Waals surface area (Å²) in [5.41, 5.74) is 0. The van der Waals surface area contributed by atoms with Gasteiger partial charge in [-0.05, 0) is 53.8 Å². The second-order valence-electron chi connectivity index (χ2n) is 3.29. The van der Waals surface area contributed by atoms with Crippen molar-refractivity contribution < 1.29 is 0 Å². The van der Waals surface area contributed by atoms with Gasteiger partial charge in [0.25, 0.3) is 0 Å². The molecule has 1 aliphatic rings. The van der Waals surface area contributed by atoms with Gasteiger partial charge in [0.2, 0.25) is 0 Å². The van der Waals surface area contributed by atoms with E-state index >= 15 is 0 Å². The molecule has 2 heterocycles. The Kier molecular flexibility index (Phi) is 3.30. The van der Waals surface area contributed by atoms with Gasteiger partial charge >= 0.3 is 0 Å². The van der Waals surface area contributed by atoms with Crippen LogP contribution in [0.15, 0.2) is 10.5 Å². The highest BCUT2D eigenvalue weighted by atomic mass is 79.9. The molecule has 1 aromatic heterocycles. The van der Waals surface area contributed by atoms with Gasteiger partial charge in [-0.3, -0.25) is 0 Å². The van der Waals surface area contributed by atoms with Crippen LogP contribution in [0, 0.1) is 0 Å². The summed E-state index contributed by atoms with van der Waals surface area (Å²) in [5.74, 6) is 0.718. The topological polar surface area (TPSA) is 12.0 Å². The second kappa shape index (κ2) is 4.30. The molecule has 0 unspecified atom stereocenters. The molecular weight excluding hydrogens is 270 g/mol. The first-order valence-electron chi connectivity index (χ1n) is 4.43. The lowest BCUT2D eigenvalue weighted by molar-refractivity contribution is 0.465. The first-order chi connectivity index (χ1) is 6.27. The van der Waals surface area contributed by atoms with Gasteiger partial charge in [0.05, 0.1) is 0 Å². The third-order valence-corrected chi connectivity index (χ3v) is 5.04. The van der Waals surface area contributed by atoms with Crippen molar-refractivity contribution in [1.82, 2.24) is 5.32 Å². The molecular formula is C9H11BrClNS. The summed E-state index contributed by atoms with van der Waals surface area (Å²) in [6.45, 7) is 2.27. The molecule has 0 atom stereocenters. The zero-order valence-electron chi connectivity index (χ0n) is 7.15. The summed E-state index contributed by atoms with van der Waals surface area (Å²) in [6.07, 6.45) is 2.48. The van der Waals surface area contributed by atoms with Crippen molar-refractivity contribution in [3.05, 3.63) is 19.8 Å². The SMILES string of the molecule is Clc1sc(C2CCNCC2)cc1Br. The number of piperidine rings is 1. The minimum absolute atomic E-state index is 0.718. The van der Waals surface area contributed by atoms with Crippen LogP contribution < -0.4 is 5.32 Å². The predicted molar refractivity (Wildman–Crippen MR) is 61.9 cm³/mol. The van der Waals surface area contributed by atoms with Gasteiger partial charge in [-0.2, -0.15) is 0 Å². The fourth-order valence-corrected chi connectivity index (χ4v) is 3.58. The molecule has 0 bridgehead atoms. The highest BCUT2D eigenvalue weighted by molar-refractivity contribution is 9.10. The first kappa shape index (κ1) is 9.97. The van der Waals surface area contributed by atoms with Crippen LogP contribution in [0.5, 0.6) is 0 Å². The molecule has 13 heavy (non-hydrogen) atoms. The van der Waals surface area contributed by atoms with Gasteiger partial charge < -0.3 is 5.32 Å². The summed E-state index contributed by atoms with van der Waals surface area (Å²) >= 11 is 11.2. The van der Waals surface area contributed by atoms with Crippen molar-refractivity contribution in [2.75, 3.05) is 13.1 Å². The van der Waals surface area contributed by atoms with Gasteiger partial charge in [-0.15, -0.1) is 11.3 Å². The summed E-state index contributed by atoms with van der Waals surface area (Å²) in [4.78, 5) is 1.43. The number of halogens is 2. The van der Waals surface area contributed by atoms with Crippen molar-refractivity contribution in [3.63, 3.8) is 0 Å². The van der Waals surface area contributed by atoms with Gasteiger partial charge in [0.1, 0.15) is 4.34 Å². The van der Waals surface area contributed by atoms with Gasteiger partial charge in [-0.1, -0.05) is 11.6 Å². The van der Waals surface area contributed by atoms with E-state index in [1.54, 1.807) is 11.3 Å². The van der Waals surface area contributed by atoms with Gasteiger partial charge in [-0.25, -0.2) is 0 Å². The third-order valence-electron chi connectivity index (χ3n) is 2.41. The number of hydrogen-bond donors (Lipinski definition) is 1. The summed E-state index contributed by atoms with van der Waals surface area (Å²) < 4.78 is 1.93. The van der Waals surface area contributed by atoms with E-state index in [0.29, 0.717) is 0 Å². The van der Waals surface area contributed by atoms with Crippen LogP contribution in [0.3, 0.4) is 0 Å². The van der Waals surface area contributed by atoms with Crippen LogP contribution in [0.1, 0.15) is 23.6 Å². The molecule has 1 N–H and O–H groups in total. The van der Waals surface area contributed by atoms with E-state index in [1.165, 1.54) is 17.7 Å². The average Bonchev–Trinajstić information content (AvgIpc) is 2.49. The Morgan fingerprint density at radius 2 is 2.15 bits per heavy atom. The zero-order chi connectivity index (χ0) is 9.26. The maximum absolute atomic E-state index is 6.00. The second-order valence-corrected chi connectivity index (χ2v) is 5.83. The number of nitrogens with one attached hydrogen (secondary N) is 1. The molecule has 1 nitrogen and oxygen atoms in total. The Labute approximate surface area is 95.6 Å². The highest BCUT2D eigenvalue weighted by Crippen LogP contribution is 2.38. The quantitative estimate of drug-likeness (QED) is 0.828. The Hall–Kier alpha value is 0.430. The molecule has 0 aromatic carbocycles. The zero-order valence-corrected chi connectivity index (χ0v) is 10.3. The Morgan fingerprint density at radius 3 is 2.69 bits per heavy atom. The minimum atomic E-state index is 0.718. The molecule has 72 valence electrons. The Bertz CT molecular complexity index is 274. The van der Waals surface area contributed by atoms with Crippen molar-refractivity contribution in [1.29, 1.82) is 0 Å². The van der Waals surface area contributed by atoms with E-state index in [1.807, 2.05) is 0 Å². The molecule has 2 rings (SSSR count). The Morgan fingerprint density at radius 1 is 1.46 bits per heavy atom. The molecule has 0 radical (unpaired) electrons. The fraction of sp³-hybridized carbons (Fsp3) is 0.556. The lowest BCUT2D eigenvalue weighted by atomic mass is 9.97. The lowest BCUT2D eigenvalue weighted by Crippen LogP contribution is -2.26. The number of hydrogen-bond acceptors (Lipinski definition) is 2. The van der Waals surface area contributed by atoms with E-state index in [0.717, 1.165) is 27.8 Å². The molecule has 1 fully saturated rings. The molecule has 1 aromatic rings. The molecule has 1 aliphatic heterocycles. The van der Waals surface area contributed by atoms with Crippen LogP contribution in [0.25, 0.3) is 0 Å². The van der Waals surface area contributed by atoms with E-state index in [-0.39, 0.29) is 0 Å². The van der Waals surface area contributed by atoms with Crippen molar-refractivity contribution in [2.45, 2.75) is 18.8 Å². The van der Waals surface area contributed by atoms with E-state index in [4.69, 9.17) is 11.6 Å². The predicted octanol–water partition coefficient (Wildman–Crippen LogP) is 3.63. The van der Waals surface area contributed by atoms with E-state index in [9.17, 15) is 0 Å². The fourth-order valence-electron chi connectivity index (χ4n) is 1.67. The largest absolute Gasteiger partial charge is 0.317 e. The number of thiophene rings is 1. The minimum Gasteiger partial charge on any atom is -0.317 e. The maximum Gasteiger partial charge on any atom is 0.107 e. The van der Waals surface area contributed by atoms with Crippen molar-refractivity contribution in [3.8, 4) is 0 Å². The molecule has 0 aliphatic carbocycles. The van der Waals surface area contributed by atoms with Crippen LogP contribution in [0.4, 0.5) is 0 Å². The number of rotatable bonds is 1. The lowest BCUT2D eigenvalue weighted by Gasteiger charge is -2.21. The highest BCUT2D eigenvalue weighted by Gasteiger charge is 2.18. The molecule has 0 spiro atoms. The van der Waals surface area contributed by atoms with Crippen LogP contribution in [-0.2, 0) is 0 Å². The van der Waals surface area contributed by atoms with Gasteiger partial charge in [0.15, 0.2) is 0 Å². The molecule has 0 saturated carbocycles. The standard InChI is InChI=1S/C9H11BrClNS/c10-7-5-8(13-9(7)11)6-1-3-12-4-2-6/h5-6,12H,1-4H2. The average molecular weight is 281 g/mol. The normalized spacial score (nSPS) is 19.2. The monoisotopic (exact) mass is 279 g/mol. The third kappa shape index (κ3) is 2.27. The van der Waals surface area contributed by atoms with Crippen molar-refractivity contribution in [2.24, 2.45) is 0 Å².